The molecule has 0 unspecified atom stereocenters. The fraction of sp³-hybridized carbons (Fsp3) is 0.182. The summed E-state index contributed by atoms with van der Waals surface area (Å²) in [6.07, 6.45) is 0. The summed E-state index contributed by atoms with van der Waals surface area (Å²) in [4.78, 5) is 14.8. The number of nitrogens with one attached hydrogen (secondary N) is 1. The minimum Gasteiger partial charge on any atom is -0.357 e. The fourth-order valence-electron chi connectivity index (χ4n) is 1.61. The van der Waals surface area contributed by atoms with E-state index in [4.69, 9.17) is 23.2 Å². The molecule has 1 heterocycles. The van der Waals surface area contributed by atoms with Crippen molar-refractivity contribution >= 4 is 34.1 Å². The van der Waals surface area contributed by atoms with Crippen molar-refractivity contribution < 1.29 is 0 Å². The lowest BCUT2D eigenvalue weighted by atomic mass is 10.1. The van der Waals surface area contributed by atoms with Gasteiger partial charge in [-0.3, -0.25) is 4.79 Å². The molecule has 0 radical (unpaired) electrons. The Kier molecular flexibility index (Phi) is 2.49. The molecule has 1 aromatic heterocycles. The number of pyridine rings is 1. The molecular weight excluding hydrogens is 233 g/mol. The number of hydrogen-bond donors (Lipinski definition) is 1. The van der Waals surface area contributed by atoms with Crippen LogP contribution in [0.15, 0.2) is 16.9 Å². The second kappa shape index (κ2) is 3.54. The molecule has 1 N–H and O–H groups in total. The van der Waals surface area contributed by atoms with E-state index >= 15 is 0 Å². The summed E-state index contributed by atoms with van der Waals surface area (Å²) in [5, 5.41) is 1.45. The average Bonchev–Trinajstić information content (AvgIpc) is 2.13. The number of rotatable bonds is 0. The molecule has 4 heteroatoms. The van der Waals surface area contributed by atoms with Crippen LogP contribution in [0.5, 0.6) is 0 Å². The highest BCUT2D eigenvalue weighted by Crippen LogP contribution is 2.29. The van der Waals surface area contributed by atoms with E-state index in [9.17, 15) is 4.79 Å². The lowest BCUT2D eigenvalue weighted by molar-refractivity contribution is 1.24. The molecule has 0 aliphatic rings. The third-order valence-corrected chi connectivity index (χ3v) is 3.10. The average molecular weight is 242 g/mol. The normalized spacial score (nSPS) is 10.9. The van der Waals surface area contributed by atoms with Gasteiger partial charge in [0.1, 0.15) is 0 Å². The van der Waals surface area contributed by atoms with Gasteiger partial charge in [0.2, 0.25) is 0 Å². The Labute approximate surface area is 96.8 Å². The van der Waals surface area contributed by atoms with Crippen LogP contribution in [0.2, 0.25) is 10.0 Å². The summed E-state index contributed by atoms with van der Waals surface area (Å²) < 4.78 is 0. The largest absolute Gasteiger partial charge is 0.357 e. The maximum atomic E-state index is 11.8. The van der Waals surface area contributed by atoms with Crippen molar-refractivity contribution in [1.29, 1.82) is 0 Å². The van der Waals surface area contributed by atoms with Gasteiger partial charge in [0, 0.05) is 11.8 Å². The van der Waals surface area contributed by atoms with Gasteiger partial charge in [0.15, 0.2) is 5.43 Å². The lowest BCUT2D eigenvalue weighted by Crippen LogP contribution is -2.04. The predicted molar refractivity (Wildman–Crippen MR) is 64.1 cm³/mol. The molecule has 0 aliphatic carbocycles. The van der Waals surface area contributed by atoms with Crippen molar-refractivity contribution in [1.82, 2.24) is 4.98 Å². The van der Waals surface area contributed by atoms with Gasteiger partial charge in [-0.2, -0.15) is 0 Å². The molecule has 15 heavy (non-hydrogen) atoms. The summed E-state index contributed by atoms with van der Waals surface area (Å²) in [6, 6.07) is 3.27. The summed E-state index contributed by atoms with van der Waals surface area (Å²) in [5.74, 6) is 0. The van der Waals surface area contributed by atoms with Gasteiger partial charge in [-0.05, 0) is 25.5 Å². The van der Waals surface area contributed by atoms with Crippen LogP contribution in [0.1, 0.15) is 11.3 Å². The minimum atomic E-state index is -0.100. The van der Waals surface area contributed by atoms with Crippen LogP contribution in [0.25, 0.3) is 10.9 Å². The lowest BCUT2D eigenvalue weighted by Gasteiger charge is -2.06. The number of aromatic nitrogens is 1. The predicted octanol–water partition coefficient (Wildman–Crippen LogP) is 3.45. The van der Waals surface area contributed by atoms with Crippen molar-refractivity contribution in [3.05, 3.63) is 43.7 Å². The number of benzene rings is 1. The smallest absolute Gasteiger partial charge is 0.191 e. The third kappa shape index (κ3) is 1.64. The molecule has 2 nitrogen and oxygen atoms in total. The molecule has 0 atom stereocenters. The topological polar surface area (TPSA) is 32.9 Å². The van der Waals surface area contributed by atoms with E-state index < -0.39 is 0 Å². The molecule has 0 fully saturated rings. The van der Waals surface area contributed by atoms with Gasteiger partial charge in [-0.25, -0.2) is 0 Å². The summed E-state index contributed by atoms with van der Waals surface area (Å²) in [7, 11) is 0. The zero-order valence-corrected chi connectivity index (χ0v) is 9.83. The molecule has 2 aromatic rings. The third-order valence-electron chi connectivity index (χ3n) is 2.31. The fourth-order valence-corrected chi connectivity index (χ4v) is 2.16. The molecule has 0 saturated carbocycles. The van der Waals surface area contributed by atoms with E-state index in [0.717, 1.165) is 11.3 Å². The van der Waals surface area contributed by atoms with E-state index in [-0.39, 0.29) is 5.43 Å². The van der Waals surface area contributed by atoms with E-state index in [1.54, 1.807) is 6.07 Å². The Morgan fingerprint density at radius 1 is 1.20 bits per heavy atom. The Morgan fingerprint density at radius 3 is 2.53 bits per heavy atom. The van der Waals surface area contributed by atoms with Crippen molar-refractivity contribution in [3.63, 3.8) is 0 Å². The van der Waals surface area contributed by atoms with Crippen LogP contribution in [-0.2, 0) is 0 Å². The van der Waals surface area contributed by atoms with E-state index in [1.165, 1.54) is 6.07 Å². The van der Waals surface area contributed by atoms with Gasteiger partial charge >= 0.3 is 0 Å². The first kappa shape index (κ1) is 10.5. The first-order valence-electron chi connectivity index (χ1n) is 4.49. The molecular formula is C11H9Cl2NO. The van der Waals surface area contributed by atoms with E-state index in [1.807, 2.05) is 13.8 Å². The number of fused-ring (bicyclic) bond motifs is 1. The molecule has 78 valence electrons. The molecule has 0 aliphatic heterocycles. The second-order valence-corrected chi connectivity index (χ2v) is 4.34. The molecule has 0 saturated heterocycles. The zero-order valence-electron chi connectivity index (χ0n) is 8.32. The monoisotopic (exact) mass is 241 g/mol. The van der Waals surface area contributed by atoms with Crippen LogP contribution < -0.4 is 5.43 Å². The highest BCUT2D eigenvalue weighted by Gasteiger charge is 2.10. The minimum absolute atomic E-state index is 0.100. The van der Waals surface area contributed by atoms with Gasteiger partial charge in [0.05, 0.1) is 20.9 Å². The van der Waals surface area contributed by atoms with E-state index in [0.29, 0.717) is 20.9 Å². The van der Waals surface area contributed by atoms with Gasteiger partial charge < -0.3 is 4.98 Å². The number of hydrogen-bond acceptors (Lipinski definition) is 1. The van der Waals surface area contributed by atoms with Crippen molar-refractivity contribution in [3.8, 4) is 0 Å². The van der Waals surface area contributed by atoms with Crippen LogP contribution in [0.4, 0.5) is 0 Å². The molecule has 0 spiro atoms. The van der Waals surface area contributed by atoms with E-state index in [2.05, 4.69) is 4.98 Å². The van der Waals surface area contributed by atoms with Crippen molar-refractivity contribution in [2.75, 3.05) is 0 Å². The van der Waals surface area contributed by atoms with Gasteiger partial charge in [-0.1, -0.05) is 23.2 Å². The molecule has 0 bridgehead atoms. The maximum Gasteiger partial charge on any atom is 0.191 e. The van der Waals surface area contributed by atoms with Crippen LogP contribution in [0.3, 0.4) is 0 Å². The van der Waals surface area contributed by atoms with Crippen molar-refractivity contribution in [2.24, 2.45) is 0 Å². The van der Waals surface area contributed by atoms with Crippen LogP contribution in [-0.4, -0.2) is 4.98 Å². The second-order valence-electron chi connectivity index (χ2n) is 3.56. The first-order chi connectivity index (χ1) is 7.00. The number of halogens is 2. The summed E-state index contributed by atoms with van der Waals surface area (Å²) in [5.41, 5.74) is 2.09. The maximum absolute atomic E-state index is 11.8. The molecule has 1 aromatic carbocycles. The zero-order chi connectivity index (χ0) is 11.2. The number of aromatic amines is 1. The Morgan fingerprint density at radius 2 is 1.87 bits per heavy atom. The Balaban J connectivity index is 3.10. The molecule has 0 amide bonds. The highest BCUT2D eigenvalue weighted by molar-refractivity contribution is 6.40. The SMILES string of the molecule is Cc1cc(=O)c2c(Cl)c(C)cc(Cl)c2[nH]1. The first-order valence-corrected chi connectivity index (χ1v) is 5.24. The van der Waals surface area contributed by atoms with Gasteiger partial charge in [0.25, 0.3) is 0 Å². The number of aryl methyl sites for hydroxylation is 2. The van der Waals surface area contributed by atoms with Crippen molar-refractivity contribution in [2.45, 2.75) is 13.8 Å². The number of H-pyrrole nitrogens is 1. The quantitative estimate of drug-likeness (QED) is 0.753. The van der Waals surface area contributed by atoms with Gasteiger partial charge in [-0.15, -0.1) is 0 Å². The summed E-state index contributed by atoms with van der Waals surface area (Å²) >= 11 is 12.1. The Bertz CT molecular complexity index is 602. The summed E-state index contributed by atoms with van der Waals surface area (Å²) in [6.45, 7) is 3.64. The molecule has 2 rings (SSSR count). The highest BCUT2D eigenvalue weighted by atomic mass is 35.5. The van der Waals surface area contributed by atoms with Crippen LogP contribution in [0, 0.1) is 13.8 Å². The Hall–Kier alpha value is -0.990. The standard InChI is InChI=1S/C11H9Cl2NO/c1-5-3-7(12)11-9(10(5)13)8(15)4-6(2)14-11/h3-4H,1-2H3,(H,14,15). The van der Waals surface area contributed by atoms with Crippen LogP contribution >= 0.6 is 23.2 Å².